The number of hydrogen-bond acceptors (Lipinski definition) is 6. The van der Waals surface area contributed by atoms with Crippen molar-refractivity contribution < 1.29 is 19.1 Å². The first-order valence-electron chi connectivity index (χ1n) is 5.69. The summed E-state index contributed by atoms with van der Waals surface area (Å²) in [6, 6.07) is 6.47. The molecule has 1 aromatic carbocycles. The van der Waals surface area contributed by atoms with Crippen LogP contribution in [0.5, 0.6) is 0 Å². The number of anilines is 1. The number of carbonyl (C=O) groups excluding carboxylic acids is 2. The molecule has 1 aromatic heterocycles. The molecule has 0 amide bonds. The van der Waals surface area contributed by atoms with Crippen LogP contribution in [-0.4, -0.2) is 35.9 Å². The minimum absolute atomic E-state index is 0.169. The van der Waals surface area contributed by atoms with E-state index in [1.54, 1.807) is 24.3 Å². The second-order valence-corrected chi connectivity index (χ2v) is 3.89. The van der Waals surface area contributed by atoms with E-state index in [2.05, 4.69) is 14.6 Å². The Morgan fingerprint density at radius 2 is 1.70 bits per heavy atom. The van der Waals surface area contributed by atoms with Gasteiger partial charge in [-0.05, 0) is 24.3 Å². The molecule has 7 heteroatoms. The molecule has 2 aromatic rings. The van der Waals surface area contributed by atoms with Crippen molar-refractivity contribution in [3.63, 3.8) is 0 Å². The van der Waals surface area contributed by atoms with Crippen LogP contribution in [0.3, 0.4) is 0 Å². The predicted octanol–water partition coefficient (Wildman–Crippen LogP) is 1.03. The van der Waals surface area contributed by atoms with Gasteiger partial charge in [0.25, 0.3) is 0 Å². The summed E-state index contributed by atoms with van der Waals surface area (Å²) >= 11 is 0. The lowest BCUT2D eigenvalue weighted by molar-refractivity contribution is 0.0592. The van der Waals surface area contributed by atoms with Crippen LogP contribution in [0, 0.1) is 0 Å². The average molecular weight is 275 g/mol. The molecule has 20 heavy (non-hydrogen) atoms. The molecule has 0 aliphatic carbocycles. The molecular formula is C13H13N3O4. The highest BCUT2D eigenvalue weighted by molar-refractivity contribution is 5.94. The van der Waals surface area contributed by atoms with Gasteiger partial charge in [-0.1, -0.05) is 0 Å². The first-order valence-corrected chi connectivity index (χ1v) is 5.69. The van der Waals surface area contributed by atoms with Crippen LogP contribution in [0.1, 0.15) is 20.7 Å². The number of hydrogen-bond donors (Lipinski definition) is 1. The molecule has 0 atom stereocenters. The van der Waals surface area contributed by atoms with Gasteiger partial charge in [0, 0.05) is 0 Å². The van der Waals surface area contributed by atoms with Gasteiger partial charge in [0.15, 0.2) is 0 Å². The molecule has 104 valence electrons. The summed E-state index contributed by atoms with van der Waals surface area (Å²) in [6.07, 6.45) is 1.33. The van der Waals surface area contributed by atoms with E-state index in [0.717, 1.165) is 0 Å². The van der Waals surface area contributed by atoms with E-state index in [1.807, 2.05) is 0 Å². The molecule has 0 fully saturated rings. The van der Waals surface area contributed by atoms with E-state index in [4.69, 9.17) is 5.73 Å². The fraction of sp³-hybridized carbons (Fsp3) is 0.154. The quantitative estimate of drug-likeness (QED) is 0.840. The zero-order valence-electron chi connectivity index (χ0n) is 11.0. The first-order chi connectivity index (χ1) is 9.58. The molecule has 0 spiro atoms. The molecule has 0 saturated carbocycles. The summed E-state index contributed by atoms with van der Waals surface area (Å²) in [4.78, 5) is 22.8. The van der Waals surface area contributed by atoms with E-state index in [9.17, 15) is 9.59 Å². The van der Waals surface area contributed by atoms with Gasteiger partial charge in [-0.15, -0.1) is 0 Å². The van der Waals surface area contributed by atoms with Crippen LogP contribution in [0.4, 0.5) is 5.82 Å². The molecule has 0 unspecified atom stereocenters. The highest BCUT2D eigenvalue weighted by Crippen LogP contribution is 2.18. The molecule has 0 bridgehead atoms. The average Bonchev–Trinajstić information content (AvgIpc) is 2.87. The van der Waals surface area contributed by atoms with E-state index < -0.39 is 11.9 Å². The van der Waals surface area contributed by atoms with Crippen LogP contribution in [-0.2, 0) is 9.47 Å². The smallest absolute Gasteiger partial charge is 0.343 e. The SMILES string of the molecule is COC(=O)c1ccc(-n2ncc(C(=O)OC)c2N)cc1. The van der Waals surface area contributed by atoms with Crippen LogP contribution in [0.15, 0.2) is 30.5 Å². The molecule has 1 heterocycles. The molecule has 0 aliphatic rings. The van der Waals surface area contributed by atoms with Gasteiger partial charge in [0.1, 0.15) is 11.4 Å². The zero-order chi connectivity index (χ0) is 14.7. The number of nitrogens with two attached hydrogens (primary N) is 1. The van der Waals surface area contributed by atoms with E-state index in [1.165, 1.54) is 25.1 Å². The summed E-state index contributed by atoms with van der Waals surface area (Å²) in [5.74, 6) is -0.817. The van der Waals surface area contributed by atoms with E-state index in [-0.39, 0.29) is 11.4 Å². The predicted molar refractivity (Wildman–Crippen MR) is 70.7 cm³/mol. The maximum Gasteiger partial charge on any atom is 0.343 e. The van der Waals surface area contributed by atoms with Crippen LogP contribution >= 0.6 is 0 Å². The highest BCUT2D eigenvalue weighted by atomic mass is 16.5. The fourth-order valence-corrected chi connectivity index (χ4v) is 1.69. The minimum Gasteiger partial charge on any atom is -0.465 e. The van der Waals surface area contributed by atoms with Crippen LogP contribution in [0.2, 0.25) is 0 Å². The maximum atomic E-state index is 11.4. The third-order valence-electron chi connectivity index (χ3n) is 2.74. The number of carbonyl (C=O) groups is 2. The number of aromatic nitrogens is 2. The monoisotopic (exact) mass is 275 g/mol. The molecule has 2 N–H and O–H groups in total. The molecule has 0 saturated heterocycles. The third kappa shape index (κ3) is 2.33. The van der Waals surface area contributed by atoms with Crippen LogP contribution < -0.4 is 5.73 Å². The van der Waals surface area contributed by atoms with Crippen molar-refractivity contribution >= 4 is 17.8 Å². The van der Waals surface area contributed by atoms with Gasteiger partial charge in [0.2, 0.25) is 0 Å². The Morgan fingerprint density at radius 1 is 1.10 bits per heavy atom. The fourth-order valence-electron chi connectivity index (χ4n) is 1.69. The van der Waals surface area contributed by atoms with Gasteiger partial charge in [-0.25, -0.2) is 14.3 Å². The Kier molecular flexibility index (Phi) is 3.69. The van der Waals surface area contributed by atoms with Crippen molar-refractivity contribution in [2.75, 3.05) is 20.0 Å². The van der Waals surface area contributed by atoms with Crippen LogP contribution in [0.25, 0.3) is 5.69 Å². The maximum absolute atomic E-state index is 11.4. The van der Waals surface area contributed by atoms with E-state index in [0.29, 0.717) is 11.3 Å². The summed E-state index contributed by atoms with van der Waals surface area (Å²) < 4.78 is 10.6. The van der Waals surface area contributed by atoms with Crippen molar-refractivity contribution in [3.8, 4) is 5.69 Å². The minimum atomic E-state index is -0.556. The second kappa shape index (κ2) is 5.43. The molecular weight excluding hydrogens is 262 g/mol. The third-order valence-corrected chi connectivity index (χ3v) is 2.74. The van der Waals surface area contributed by atoms with Gasteiger partial charge in [0.05, 0.1) is 31.7 Å². The summed E-state index contributed by atoms with van der Waals surface area (Å²) in [7, 11) is 2.58. The highest BCUT2D eigenvalue weighted by Gasteiger charge is 2.16. The molecule has 0 radical (unpaired) electrons. The van der Waals surface area contributed by atoms with Crippen molar-refractivity contribution in [1.29, 1.82) is 0 Å². The number of esters is 2. The van der Waals surface area contributed by atoms with Gasteiger partial charge in [-0.2, -0.15) is 5.10 Å². The Balaban J connectivity index is 2.35. The summed E-state index contributed by atoms with van der Waals surface area (Å²) in [5.41, 5.74) is 7.06. The number of nitrogens with zero attached hydrogens (tertiary/aromatic N) is 2. The first kappa shape index (κ1) is 13.6. The summed E-state index contributed by atoms with van der Waals surface area (Å²) in [6.45, 7) is 0. The van der Waals surface area contributed by atoms with Gasteiger partial charge >= 0.3 is 11.9 Å². The topological polar surface area (TPSA) is 96.4 Å². The zero-order valence-corrected chi connectivity index (χ0v) is 11.0. The largest absolute Gasteiger partial charge is 0.465 e. The van der Waals surface area contributed by atoms with Crippen molar-refractivity contribution in [2.45, 2.75) is 0 Å². The summed E-state index contributed by atoms with van der Waals surface area (Å²) in [5, 5.41) is 4.02. The normalized spacial score (nSPS) is 10.1. The lowest BCUT2D eigenvalue weighted by Crippen LogP contribution is -2.07. The number of rotatable bonds is 3. The number of ether oxygens (including phenoxy) is 2. The number of nitrogen functional groups attached to an aromatic ring is 1. The molecule has 0 aliphatic heterocycles. The van der Waals surface area contributed by atoms with E-state index >= 15 is 0 Å². The molecule has 7 nitrogen and oxygen atoms in total. The second-order valence-electron chi connectivity index (χ2n) is 3.89. The van der Waals surface area contributed by atoms with Crippen molar-refractivity contribution in [2.24, 2.45) is 0 Å². The number of benzene rings is 1. The Bertz CT molecular complexity index is 646. The van der Waals surface area contributed by atoms with Gasteiger partial charge in [-0.3, -0.25) is 0 Å². The molecule has 2 rings (SSSR count). The Hall–Kier alpha value is -2.83. The standard InChI is InChI=1S/C13H13N3O4/c1-19-12(17)8-3-5-9(6-4-8)16-11(14)10(7-15-16)13(18)20-2/h3-7H,14H2,1-2H3. The lowest BCUT2D eigenvalue weighted by atomic mass is 10.2. The Morgan fingerprint density at radius 3 is 2.25 bits per heavy atom. The number of methoxy groups -OCH3 is 2. The van der Waals surface area contributed by atoms with Crippen molar-refractivity contribution in [3.05, 3.63) is 41.6 Å². The van der Waals surface area contributed by atoms with Crippen molar-refractivity contribution in [1.82, 2.24) is 9.78 Å². The van der Waals surface area contributed by atoms with Gasteiger partial charge < -0.3 is 15.2 Å². The lowest BCUT2D eigenvalue weighted by Gasteiger charge is -2.05. The Labute approximate surface area is 114 Å².